The number of hydrogen-bond donors (Lipinski definition) is 0. The summed E-state index contributed by atoms with van der Waals surface area (Å²) in [5.41, 5.74) is 0.252. The maximum atomic E-state index is 12.3. The molecule has 0 aliphatic carbocycles. The molecule has 0 spiro atoms. The lowest BCUT2D eigenvalue weighted by atomic mass is 10.2. The van der Waals surface area contributed by atoms with E-state index in [0.29, 0.717) is 17.2 Å². The largest absolute Gasteiger partial charge is 0.457 e. The van der Waals surface area contributed by atoms with Crippen molar-refractivity contribution in [2.45, 2.75) is 4.90 Å². The van der Waals surface area contributed by atoms with Crippen molar-refractivity contribution in [2.24, 2.45) is 0 Å². The lowest BCUT2D eigenvalue weighted by molar-refractivity contribution is 0.0734. The third-order valence-electron chi connectivity index (χ3n) is 3.88. The van der Waals surface area contributed by atoms with Crippen molar-refractivity contribution in [1.82, 2.24) is 4.31 Å². The molecule has 0 atom stereocenters. The smallest absolute Gasteiger partial charge is 0.343 e. The van der Waals surface area contributed by atoms with Gasteiger partial charge in [0.2, 0.25) is 10.0 Å². The van der Waals surface area contributed by atoms with E-state index in [-0.39, 0.29) is 10.5 Å². The molecule has 3 rings (SSSR count). The van der Waals surface area contributed by atoms with Crippen LogP contribution in [0.2, 0.25) is 0 Å². The van der Waals surface area contributed by atoms with Crippen LogP contribution in [0.4, 0.5) is 0 Å². The van der Waals surface area contributed by atoms with Gasteiger partial charge in [-0.25, -0.2) is 17.5 Å². The average molecular weight is 397 g/mol. The van der Waals surface area contributed by atoms with Crippen molar-refractivity contribution >= 4 is 16.0 Å². The molecule has 0 heterocycles. The van der Waals surface area contributed by atoms with E-state index in [1.54, 1.807) is 24.3 Å². The summed E-state index contributed by atoms with van der Waals surface area (Å²) >= 11 is 0. The summed E-state index contributed by atoms with van der Waals surface area (Å²) in [5, 5.41) is 0. The van der Waals surface area contributed by atoms with Crippen LogP contribution in [-0.2, 0) is 10.0 Å². The number of benzene rings is 3. The van der Waals surface area contributed by atoms with Crippen molar-refractivity contribution < 1.29 is 22.7 Å². The Kier molecular flexibility index (Phi) is 5.77. The van der Waals surface area contributed by atoms with Crippen LogP contribution >= 0.6 is 0 Å². The topological polar surface area (TPSA) is 72.9 Å². The van der Waals surface area contributed by atoms with Gasteiger partial charge in [0.05, 0.1) is 10.5 Å². The van der Waals surface area contributed by atoms with Gasteiger partial charge in [-0.05, 0) is 60.7 Å². The molecule has 0 bridgehead atoms. The lowest BCUT2D eigenvalue weighted by Crippen LogP contribution is -2.22. The van der Waals surface area contributed by atoms with Crippen LogP contribution in [0.1, 0.15) is 10.4 Å². The zero-order chi connectivity index (χ0) is 20.1. The van der Waals surface area contributed by atoms with E-state index in [0.717, 1.165) is 4.31 Å². The lowest BCUT2D eigenvalue weighted by Gasteiger charge is -2.11. The minimum Gasteiger partial charge on any atom is -0.457 e. The van der Waals surface area contributed by atoms with Gasteiger partial charge in [0, 0.05) is 14.1 Å². The molecular formula is C21H19NO5S. The normalized spacial score (nSPS) is 11.2. The van der Waals surface area contributed by atoms with Crippen molar-refractivity contribution in [3.8, 4) is 17.2 Å². The number of ether oxygens (including phenoxy) is 2. The SMILES string of the molecule is CN(C)S(=O)(=O)c1ccc(C(=O)Oc2ccc(Oc3ccccc3)cc2)cc1. The highest BCUT2D eigenvalue weighted by Gasteiger charge is 2.18. The Labute approximate surface area is 164 Å². The highest BCUT2D eigenvalue weighted by atomic mass is 32.2. The maximum Gasteiger partial charge on any atom is 0.343 e. The van der Waals surface area contributed by atoms with Crippen LogP contribution in [0, 0.1) is 0 Å². The first-order chi connectivity index (χ1) is 13.4. The Morgan fingerprint density at radius 2 is 1.29 bits per heavy atom. The number of carbonyl (C=O) groups is 1. The Morgan fingerprint density at radius 1 is 0.750 bits per heavy atom. The van der Waals surface area contributed by atoms with Gasteiger partial charge in [0.1, 0.15) is 17.2 Å². The van der Waals surface area contributed by atoms with Crippen molar-refractivity contribution in [3.05, 3.63) is 84.4 Å². The summed E-state index contributed by atoms with van der Waals surface area (Å²) in [6, 6.07) is 21.6. The summed E-state index contributed by atoms with van der Waals surface area (Å²) in [6.07, 6.45) is 0. The number of nitrogens with zero attached hydrogens (tertiary/aromatic N) is 1. The summed E-state index contributed by atoms with van der Waals surface area (Å²) in [6.45, 7) is 0. The molecular weight excluding hydrogens is 378 g/mol. The molecule has 0 unspecified atom stereocenters. The highest BCUT2D eigenvalue weighted by molar-refractivity contribution is 7.89. The van der Waals surface area contributed by atoms with Crippen molar-refractivity contribution in [3.63, 3.8) is 0 Å². The first kappa shape index (κ1) is 19.6. The zero-order valence-corrected chi connectivity index (χ0v) is 16.2. The number of hydrogen-bond acceptors (Lipinski definition) is 5. The van der Waals surface area contributed by atoms with E-state index < -0.39 is 16.0 Å². The molecule has 0 saturated heterocycles. The van der Waals surface area contributed by atoms with Gasteiger partial charge in [0.25, 0.3) is 0 Å². The minimum atomic E-state index is -3.54. The second kappa shape index (κ2) is 8.24. The van der Waals surface area contributed by atoms with Crippen LogP contribution in [-0.4, -0.2) is 32.8 Å². The first-order valence-electron chi connectivity index (χ1n) is 8.44. The van der Waals surface area contributed by atoms with Gasteiger partial charge in [-0.2, -0.15) is 0 Å². The average Bonchev–Trinajstić information content (AvgIpc) is 2.70. The van der Waals surface area contributed by atoms with Crippen LogP contribution in [0.25, 0.3) is 0 Å². The van der Waals surface area contributed by atoms with Gasteiger partial charge in [-0.1, -0.05) is 18.2 Å². The Bertz CT molecular complexity index is 1040. The third-order valence-corrected chi connectivity index (χ3v) is 5.71. The molecule has 6 nitrogen and oxygen atoms in total. The van der Waals surface area contributed by atoms with Gasteiger partial charge in [-0.15, -0.1) is 0 Å². The molecule has 0 fully saturated rings. The predicted octanol–water partition coefficient (Wildman–Crippen LogP) is 3.95. The van der Waals surface area contributed by atoms with E-state index in [4.69, 9.17) is 9.47 Å². The standard InChI is InChI=1S/C21H19NO5S/c1-22(2)28(24,25)20-14-8-16(9-15-20)21(23)27-19-12-10-18(11-13-19)26-17-6-4-3-5-7-17/h3-15H,1-2H3. The van der Waals surface area contributed by atoms with Crippen LogP contribution in [0.5, 0.6) is 17.2 Å². The predicted molar refractivity (Wildman–Crippen MR) is 105 cm³/mol. The molecule has 3 aromatic carbocycles. The summed E-state index contributed by atoms with van der Waals surface area (Å²) in [7, 11) is -0.647. The highest BCUT2D eigenvalue weighted by Crippen LogP contribution is 2.24. The molecule has 0 aliphatic rings. The minimum absolute atomic E-state index is 0.108. The third kappa shape index (κ3) is 4.57. The van der Waals surface area contributed by atoms with Crippen LogP contribution in [0.15, 0.2) is 83.8 Å². The Balaban J connectivity index is 1.66. The van der Waals surface area contributed by atoms with Gasteiger partial charge in [-0.3, -0.25) is 0 Å². The Morgan fingerprint density at radius 3 is 1.86 bits per heavy atom. The van der Waals surface area contributed by atoms with E-state index >= 15 is 0 Å². The Hall–Kier alpha value is -3.16. The molecule has 0 aliphatic heterocycles. The molecule has 144 valence electrons. The van der Waals surface area contributed by atoms with Gasteiger partial charge < -0.3 is 9.47 Å². The number of esters is 1. The zero-order valence-electron chi connectivity index (χ0n) is 15.4. The van der Waals surface area contributed by atoms with Gasteiger partial charge >= 0.3 is 5.97 Å². The fourth-order valence-electron chi connectivity index (χ4n) is 2.34. The molecule has 0 amide bonds. The number of para-hydroxylation sites is 1. The fourth-order valence-corrected chi connectivity index (χ4v) is 3.24. The van der Waals surface area contributed by atoms with E-state index in [9.17, 15) is 13.2 Å². The fraction of sp³-hybridized carbons (Fsp3) is 0.0952. The molecule has 0 radical (unpaired) electrons. The van der Waals surface area contributed by atoms with Crippen molar-refractivity contribution in [1.29, 1.82) is 0 Å². The molecule has 0 N–H and O–H groups in total. The number of rotatable bonds is 6. The maximum absolute atomic E-state index is 12.3. The number of carbonyl (C=O) groups excluding carboxylic acids is 1. The summed E-state index contributed by atoms with van der Waals surface area (Å²) in [4.78, 5) is 12.4. The van der Waals surface area contributed by atoms with Crippen molar-refractivity contribution in [2.75, 3.05) is 14.1 Å². The van der Waals surface area contributed by atoms with E-state index in [1.165, 1.54) is 38.4 Å². The summed E-state index contributed by atoms with van der Waals surface area (Å²) in [5.74, 6) is 1.10. The van der Waals surface area contributed by atoms with E-state index in [2.05, 4.69) is 0 Å². The summed E-state index contributed by atoms with van der Waals surface area (Å²) < 4.78 is 36.3. The van der Waals surface area contributed by atoms with E-state index in [1.807, 2.05) is 30.3 Å². The second-order valence-corrected chi connectivity index (χ2v) is 8.24. The van der Waals surface area contributed by atoms with Gasteiger partial charge in [0.15, 0.2) is 0 Å². The molecule has 0 aromatic heterocycles. The number of sulfonamides is 1. The quantitative estimate of drug-likeness (QED) is 0.465. The molecule has 0 saturated carbocycles. The second-order valence-electron chi connectivity index (χ2n) is 6.09. The van der Waals surface area contributed by atoms with Crippen LogP contribution in [0.3, 0.4) is 0 Å². The first-order valence-corrected chi connectivity index (χ1v) is 9.88. The molecule has 28 heavy (non-hydrogen) atoms. The molecule has 7 heteroatoms. The monoisotopic (exact) mass is 397 g/mol. The molecule has 3 aromatic rings. The van der Waals surface area contributed by atoms with Crippen LogP contribution < -0.4 is 9.47 Å².